The number of ether oxygens (including phenoxy) is 1. The van der Waals surface area contributed by atoms with Crippen LogP contribution in [0.5, 0.6) is 0 Å². The molecule has 0 aromatic rings. The zero-order valence-electron chi connectivity index (χ0n) is 12.2. The molecule has 1 atom stereocenters. The first-order valence-electron chi connectivity index (χ1n) is 6.56. The van der Waals surface area contributed by atoms with Crippen molar-refractivity contribution in [1.82, 2.24) is 10.2 Å². The van der Waals surface area contributed by atoms with Gasteiger partial charge in [-0.15, -0.1) is 0 Å². The normalized spacial score (nSPS) is 19.1. The van der Waals surface area contributed by atoms with Crippen LogP contribution in [0.2, 0.25) is 0 Å². The van der Waals surface area contributed by atoms with E-state index in [0.717, 1.165) is 25.1 Å². The maximum atomic E-state index is 11.6. The summed E-state index contributed by atoms with van der Waals surface area (Å²) >= 11 is 0. The van der Waals surface area contributed by atoms with Crippen LogP contribution in [-0.4, -0.2) is 35.7 Å². The lowest BCUT2D eigenvalue weighted by atomic mass is 10.1. The molecule has 0 aromatic heterocycles. The van der Waals surface area contributed by atoms with Crippen LogP contribution in [0, 0.1) is 0 Å². The molecule has 108 valence electrons. The molecule has 1 aliphatic heterocycles. The van der Waals surface area contributed by atoms with Crippen LogP contribution in [-0.2, 0) is 4.74 Å². The van der Waals surface area contributed by atoms with Crippen LogP contribution in [0.25, 0.3) is 0 Å². The van der Waals surface area contributed by atoms with E-state index in [0.29, 0.717) is 12.2 Å². The van der Waals surface area contributed by atoms with E-state index in [-0.39, 0.29) is 6.04 Å². The monoisotopic (exact) mass is 267 g/mol. The molecule has 0 aromatic carbocycles. The van der Waals surface area contributed by atoms with Crippen LogP contribution in [0.3, 0.4) is 0 Å². The van der Waals surface area contributed by atoms with E-state index in [1.807, 2.05) is 20.8 Å². The number of nitrogens with one attached hydrogen (secondary N) is 1. The fraction of sp³-hybridized carbons (Fsp3) is 0.643. The number of rotatable bonds is 4. The van der Waals surface area contributed by atoms with Gasteiger partial charge in [0.2, 0.25) is 0 Å². The molecule has 1 aliphatic rings. The number of carbonyl (C=O) groups excluding carboxylic acids is 1. The number of hydrogen-bond acceptors (Lipinski definition) is 4. The first-order chi connectivity index (χ1) is 8.70. The molecule has 1 saturated heterocycles. The topological polar surface area (TPSA) is 67.6 Å². The molecule has 5 nitrogen and oxygen atoms in total. The summed E-state index contributed by atoms with van der Waals surface area (Å²) in [4.78, 5) is 13.7. The lowest BCUT2D eigenvalue weighted by Gasteiger charge is -2.29. The molecule has 0 unspecified atom stereocenters. The minimum absolute atomic E-state index is 0.132. The Labute approximate surface area is 115 Å². The van der Waals surface area contributed by atoms with Gasteiger partial charge in [-0.2, -0.15) is 0 Å². The van der Waals surface area contributed by atoms with E-state index >= 15 is 0 Å². The lowest BCUT2D eigenvalue weighted by Crippen LogP contribution is -2.39. The lowest BCUT2D eigenvalue weighted by molar-refractivity contribution is 0.0529. The molecule has 1 fully saturated rings. The third-order valence-corrected chi connectivity index (χ3v) is 2.92. The molecule has 1 amide bonds. The van der Waals surface area contributed by atoms with Crippen molar-refractivity contribution in [2.75, 3.05) is 13.1 Å². The molecule has 5 heteroatoms. The van der Waals surface area contributed by atoms with Gasteiger partial charge in [-0.05, 0) is 33.6 Å². The molecular formula is C14H25N3O2. The van der Waals surface area contributed by atoms with E-state index in [9.17, 15) is 4.79 Å². The van der Waals surface area contributed by atoms with Crippen molar-refractivity contribution in [3.63, 3.8) is 0 Å². The molecular weight excluding hydrogens is 242 g/mol. The van der Waals surface area contributed by atoms with Crippen LogP contribution in [0.1, 0.15) is 33.6 Å². The summed E-state index contributed by atoms with van der Waals surface area (Å²) in [6.45, 7) is 14.5. The van der Waals surface area contributed by atoms with Crippen LogP contribution >= 0.6 is 0 Å². The van der Waals surface area contributed by atoms with E-state index in [1.165, 1.54) is 0 Å². The van der Waals surface area contributed by atoms with Gasteiger partial charge in [0, 0.05) is 17.9 Å². The molecule has 0 radical (unpaired) electrons. The van der Waals surface area contributed by atoms with Gasteiger partial charge in [0.05, 0.1) is 12.6 Å². The van der Waals surface area contributed by atoms with Gasteiger partial charge < -0.3 is 20.7 Å². The predicted molar refractivity (Wildman–Crippen MR) is 76.4 cm³/mol. The molecule has 0 aliphatic carbocycles. The Balaban J connectivity index is 2.43. The molecule has 1 heterocycles. The standard InChI is InChI=1S/C14H25N3O2/c1-10(9-16-13(18)19-14(3,4)5)17-8-6-7-12(17)11(2)15/h12H,1-2,6-9,15H2,3-5H3,(H,16,18)/t12-/m0/s1. The molecule has 19 heavy (non-hydrogen) atoms. The quantitative estimate of drug-likeness (QED) is 0.817. The van der Waals surface area contributed by atoms with Gasteiger partial charge in [0.15, 0.2) is 0 Å². The smallest absolute Gasteiger partial charge is 0.407 e. The van der Waals surface area contributed by atoms with E-state index < -0.39 is 11.7 Å². The third-order valence-electron chi connectivity index (χ3n) is 2.92. The largest absolute Gasteiger partial charge is 0.444 e. The van der Waals surface area contributed by atoms with Crippen molar-refractivity contribution in [2.24, 2.45) is 5.73 Å². The number of amides is 1. The predicted octanol–water partition coefficient (Wildman–Crippen LogP) is 1.96. The second-order valence-electron chi connectivity index (χ2n) is 5.85. The van der Waals surface area contributed by atoms with Gasteiger partial charge in [-0.3, -0.25) is 0 Å². The fourth-order valence-electron chi connectivity index (χ4n) is 2.12. The summed E-state index contributed by atoms with van der Waals surface area (Å²) in [5, 5.41) is 2.70. The fourth-order valence-corrected chi connectivity index (χ4v) is 2.12. The maximum Gasteiger partial charge on any atom is 0.407 e. The summed E-state index contributed by atoms with van der Waals surface area (Å²) in [6, 6.07) is 0.132. The number of nitrogens with zero attached hydrogens (tertiary/aromatic N) is 1. The van der Waals surface area contributed by atoms with E-state index in [1.54, 1.807) is 0 Å². The van der Waals surface area contributed by atoms with Gasteiger partial charge in [-0.25, -0.2) is 4.79 Å². The van der Waals surface area contributed by atoms with Crippen LogP contribution in [0.15, 0.2) is 24.6 Å². The Morgan fingerprint density at radius 3 is 2.63 bits per heavy atom. The van der Waals surface area contributed by atoms with E-state index in [4.69, 9.17) is 10.5 Å². The highest BCUT2D eigenvalue weighted by molar-refractivity contribution is 5.67. The molecule has 0 saturated carbocycles. The highest BCUT2D eigenvalue weighted by atomic mass is 16.6. The Morgan fingerprint density at radius 2 is 2.11 bits per heavy atom. The van der Waals surface area contributed by atoms with Crippen molar-refractivity contribution in [3.05, 3.63) is 24.6 Å². The average molecular weight is 267 g/mol. The van der Waals surface area contributed by atoms with Crippen molar-refractivity contribution in [3.8, 4) is 0 Å². The third kappa shape index (κ3) is 4.85. The van der Waals surface area contributed by atoms with Crippen molar-refractivity contribution < 1.29 is 9.53 Å². The first-order valence-corrected chi connectivity index (χ1v) is 6.56. The summed E-state index contributed by atoms with van der Waals surface area (Å²) in [5.41, 5.74) is 6.77. The summed E-state index contributed by atoms with van der Waals surface area (Å²) < 4.78 is 5.17. The van der Waals surface area contributed by atoms with E-state index in [2.05, 4.69) is 23.4 Å². The van der Waals surface area contributed by atoms with Crippen molar-refractivity contribution in [1.29, 1.82) is 0 Å². The summed E-state index contributed by atoms with van der Waals surface area (Å²) in [7, 11) is 0. The summed E-state index contributed by atoms with van der Waals surface area (Å²) in [6.07, 6.45) is 1.61. The molecule has 3 N–H and O–H groups in total. The minimum Gasteiger partial charge on any atom is -0.444 e. The second-order valence-corrected chi connectivity index (χ2v) is 5.85. The maximum absolute atomic E-state index is 11.6. The average Bonchev–Trinajstić information content (AvgIpc) is 2.72. The Bertz CT molecular complexity index is 371. The highest BCUT2D eigenvalue weighted by Crippen LogP contribution is 2.23. The zero-order chi connectivity index (χ0) is 14.6. The zero-order valence-corrected chi connectivity index (χ0v) is 12.2. The van der Waals surface area contributed by atoms with Crippen molar-refractivity contribution in [2.45, 2.75) is 45.3 Å². The minimum atomic E-state index is -0.493. The van der Waals surface area contributed by atoms with Gasteiger partial charge in [-0.1, -0.05) is 13.2 Å². The van der Waals surface area contributed by atoms with Crippen LogP contribution in [0.4, 0.5) is 4.79 Å². The molecule has 1 rings (SSSR count). The second kappa shape index (κ2) is 5.99. The number of hydrogen-bond donors (Lipinski definition) is 2. The summed E-state index contributed by atoms with van der Waals surface area (Å²) in [5.74, 6) is 0. The van der Waals surface area contributed by atoms with Gasteiger partial charge in [0.25, 0.3) is 0 Å². The Morgan fingerprint density at radius 1 is 1.47 bits per heavy atom. The molecule has 0 bridgehead atoms. The molecule has 0 spiro atoms. The van der Waals surface area contributed by atoms with Gasteiger partial charge in [0.1, 0.15) is 5.60 Å². The number of carbonyl (C=O) groups is 1. The number of likely N-dealkylation sites (tertiary alicyclic amines) is 1. The number of alkyl carbamates (subject to hydrolysis) is 1. The van der Waals surface area contributed by atoms with Crippen molar-refractivity contribution >= 4 is 6.09 Å². The SMILES string of the molecule is C=C(N)[C@@H]1CCCN1C(=C)CNC(=O)OC(C)(C)C. The Kier molecular flexibility index (Phi) is 4.86. The van der Waals surface area contributed by atoms with Gasteiger partial charge >= 0.3 is 6.09 Å². The van der Waals surface area contributed by atoms with Crippen LogP contribution < -0.4 is 11.1 Å². The highest BCUT2D eigenvalue weighted by Gasteiger charge is 2.26. The first kappa shape index (κ1) is 15.4. The Hall–Kier alpha value is -1.65. The number of nitrogens with two attached hydrogens (primary N) is 1.